The lowest BCUT2D eigenvalue weighted by Crippen LogP contribution is -2.35. The van der Waals surface area contributed by atoms with Gasteiger partial charge in [0, 0.05) is 13.1 Å². The molecule has 7 nitrogen and oxygen atoms in total. The number of carbonyl (C=O) groups is 2. The molecule has 1 saturated heterocycles. The van der Waals surface area contributed by atoms with Gasteiger partial charge in [-0.25, -0.2) is 13.2 Å². The molecule has 1 fully saturated rings. The maximum Gasteiger partial charge on any atom is 0.338 e. The first-order chi connectivity index (χ1) is 15.2. The Bertz CT molecular complexity index is 1080. The fourth-order valence-electron chi connectivity index (χ4n) is 3.41. The zero-order chi connectivity index (χ0) is 23.3. The summed E-state index contributed by atoms with van der Waals surface area (Å²) in [5, 5.41) is 2.75. The van der Waals surface area contributed by atoms with E-state index < -0.39 is 28.0 Å². The molecule has 172 valence electrons. The maximum absolute atomic E-state index is 12.9. The van der Waals surface area contributed by atoms with Crippen molar-refractivity contribution >= 4 is 39.2 Å². The van der Waals surface area contributed by atoms with Crippen molar-refractivity contribution in [2.45, 2.75) is 50.5 Å². The quantitative estimate of drug-likeness (QED) is 0.600. The van der Waals surface area contributed by atoms with E-state index in [0.29, 0.717) is 18.7 Å². The summed E-state index contributed by atoms with van der Waals surface area (Å²) >= 11 is 6.18. The van der Waals surface area contributed by atoms with E-state index in [1.807, 2.05) is 19.1 Å². The normalized spacial score (nSPS) is 15.7. The SMILES string of the molecule is CCc1ccc(C(=O)O[C@@H](C)C(=O)Nc2cc(S(=O)(=O)N3CCCCC3)ccc2Cl)cc1. The number of ether oxygens (including phenoxy) is 1. The molecule has 0 aromatic heterocycles. The third-order valence-corrected chi connectivity index (χ3v) is 7.62. The van der Waals surface area contributed by atoms with Crippen molar-refractivity contribution in [2.75, 3.05) is 18.4 Å². The molecule has 1 atom stereocenters. The standard InChI is InChI=1S/C23H27ClN2O5S/c1-3-17-7-9-18(10-8-17)23(28)31-16(2)22(27)25-21-15-19(11-12-20(21)24)32(29,30)26-13-5-4-6-14-26/h7-12,15-16H,3-6,13-14H2,1-2H3,(H,25,27)/t16-/m0/s1. The number of hydrogen-bond acceptors (Lipinski definition) is 5. The van der Waals surface area contributed by atoms with E-state index in [1.165, 1.54) is 29.4 Å². The molecule has 0 saturated carbocycles. The van der Waals surface area contributed by atoms with E-state index in [4.69, 9.17) is 16.3 Å². The van der Waals surface area contributed by atoms with Gasteiger partial charge < -0.3 is 10.1 Å². The minimum atomic E-state index is -3.68. The summed E-state index contributed by atoms with van der Waals surface area (Å²) < 4.78 is 32.5. The molecule has 0 aliphatic carbocycles. The number of nitrogens with one attached hydrogen (secondary N) is 1. The van der Waals surface area contributed by atoms with E-state index in [2.05, 4.69) is 5.32 Å². The zero-order valence-electron chi connectivity index (χ0n) is 18.1. The van der Waals surface area contributed by atoms with Crippen LogP contribution in [0.2, 0.25) is 5.02 Å². The average molecular weight is 479 g/mol. The number of carbonyl (C=O) groups excluding carboxylic acids is 2. The summed E-state index contributed by atoms with van der Waals surface area (Å²) in [6.45, 7) is 4.39. The van der Waals surface area contributed by atoms with E-state index in [9.17, 15) is 18.0 Å². The van der Waals surface area contributed by atoms with Crippen LogP contribution < -0.4 is 5.32 Å². The Kier molecular flexibility index (Phi) is 7.92. The Labute approximate surface area is 193 Å². The number of nitrogens with zero attached hydrogens (tertiary/aromatic N) is 1. The third-order valence-electron chi connectivity index (χ3n) is 5.40. The summed E-state index contributed by atoms with van der Waals surface area (Å²) in [5.41, 5.74) is 1.57. The van der Waals surface area contributed by atoms with Gasteiger partial charge in [0.05, 0.1) is 21.2 Å². The Hall–Kier alpha value is -2.42. The summed E-state index contributed by atoms with van der Waals surface area (Å²) in [6.07, 6.45) is 2.39. The number of hydrogen-bond donors (Lipinski definition) is 1. The van der Waals surface area contributed by atoms with E-state index in [0.717, 1.165) is 31.2 Å². The monoisotopic (exact) mass is 478 g/mol. The number of esters is 1. The molecule has 3 rings (SSSR count). The van der Waals surface area contributed by atoms with Crippen molar-refractivity contribution in [3.8, 4) is 0 Å². The molecular formula is C23H27ClN2O5S. The van der Waals surface area contributed by atoms with Crippen LogP contribution >= 0.6 is 11.6 Å². The second-order valence-corrected chi connectivity index (χ2v) is 10.0. The van der Waals surface area contributed by atoms with Gasteiger partial charge in [-0.15, -0.1) is 0 Å². The molecule has 1 heterocycles. The van der Waals surface area contributed by atoms with Crippen LogP contribution in [-0.4, -0.2) is 43.8 Å². The molecule has 0 spiro atoms. The van der Waals surface area contributed by atoms with E-state index >= 15 is 0 Å². The van der Waals surface area contributed by atoms with Gasteiger partial charge >= 0.3 is 5.97 Å². The molecule has 32 heavy (non-hydrogen) atoms. The zero-order valence-corrected chi connectivity index (χ0v) is 19.7. The van der Waals surface area contributed by atoms with Crippen LogP contribution in [0.4, 0.5) is 5.69 Å². The van der Waals surface area contributed by atoms with Gasteiger partial charge in [0.2, 0.25) is 10.0 Å². The molecule has 0 bridgehead atoms. The fourth-order valence-corrected chi connectivity index (χ4v) is 5.12. The molecule has 2 aromatic rings. The number of sulfonamides is 1. The Morgan fingerprint density at radius 1 is 1.09 bits per heavy atom. The van der Waals surface area contributed by atoms with Gasteiger partial charge in [-0.2, -0.15) is 4.31 Å². The number of piperidine rings is 1. The number of amides is 1. The van der Waals surface area contributed by atoms with E-state index in [-0.39, 0.29) is 15.6 Å². The summed E-state index contributed by atoms with van der Waals surface area (Å²) in [7, 11) is -3.68. The number of halogens is 1. The molecule has 1 amide bonds. The molecule has 1 N–H and O–H groups in total. The first kappa shape index (κ1) is 24.2. The lowest BCUT2D eigenvalue weighted by atomic mass is 10.1. The molecule has 0 radical (unpaired) electrons. The van der Waals surface area contributed by atoms with Crippen LogP contribution in [0.15, 0.2) is 47.4 Å². The van der Waals surface area contributed by atoms with Gasteiger partial charge in [-0.1, -0.05) is 37.1 Å². The second kappa shape index (κ2) is 10.5. The van der Waals surface area contributed by atoms with Crippen LogP contribution in [0.1, 0.15) is 49.0 Å². The number of aryl methyl sites for hydroxylation is 1. The summed E-state index contributed by atoms with van der Waals surface area (Å²) in [5.74, 6) is -1.24. The highest BCUT2D eigenvalue weighted by atomic mass is 35.5. The topological polar surface area (TPSA) is 92.8 Å². The fraction of sp³-hybridized carbons (Fsp3) is 0.391. The number of benzene rings is 2. The van der Waals surface area contributed by atoms with Crippen molar-refractivity contribution < 1.29 is 22.7 Å². The summed E-state index contributed by atoms with van der Waals surface area (Å²) in [6, 6.07) is 11.1. The predicted octanol–water partition coefficient (Wildman–Crippen LogP) is 4.26. The number of rotatable bonds is 7. The van der Waals surface area contributed by atoms with Crippen LogP contribution in [0, 0.1) is 0 Å². The van der Waals surface area contributed by atoms with Crippen molar-refractivity contribution in [3.05, 3.63) is 58.6 Å². The average Bonchev–Trinajstić information content (AvgIpc) is 2.80. The third kappa shape index (κ3) is 5.68. The smallest absolute Gasteiger partial charge is 0.338 e. The molecular weight excluding hydrogens is 452 g/mol. The van der Waals surface area contributed by atoms with Gasteiger partial charge in [-0.3, -0.25) is 4.79 Å². The van der Waals surface area contributed by atoms with Crippen LogP contribution in [-0.2, 0) is 26.0 Å². The Morgan fingerprint density at radius 3 is 2.38 bits per heavy atom. The highest BCUT2D eigenvalue weighted by molar-refractivity contribution is 7.89. The maximum atomic E-state index is 12.9. The van der Waals surface area contributed by atoms with E-state index in [1.54, 1.807) is 12.1 Å². The molecule has 1 aliphatic rings. The first-order valence-electron chi connectivity index (χ1n) is 10.6. The lowest BCUT2D eigenvalue weighted by molar-refractivity contribution is -0.123. The van der Waals surface area contributed by atoms with Crippen molar-refractivity contribution in [1.82, 2.24) is 4.31 Å². The van der Waals surface area contributed by atoms with Crippen molar-refractivity contribution in [1.29, 1.82) is 0 Å². The van der Waals surface area contributed by atoms with Gasteiger partial charge in [-0.05, 0) is 62.1 Å². The highest BCUT2D eigenvalue weighted by Gasteiger charge is 2.27. The van der Waals surface area contributed by atoms with Crippen LogP contribution in [0.25, 0.3) is 0 Å². The molecule has 9 heteroatoms. The van der Waals surface area contributed by atoms with Crippen LogP contribution in [0.3, 0.4) is 0 Å². The van der Waals surface area contributed by atoms with Crippen LogP contribution in [0.5, 0.6) is 0 Å². The van der Waals surface area contributed by atoms with Gasteiger partial charge in [0.15, 0.2) is 6.10 Å². The predicted molar refractivity (Wildman–Crippen MR) is 123 cm³/mol. The summed E-state index contributed by atoms with van der Waals surface area (Å²) in [4.78, 5) is 25.0. The highest BCUT2D eigenvalue weighted by Crippen LogP contribution is 2.28. The number of anilines is 1. The first-order valence-corrected chi connectivity index (χ1v) is 12.4. The molecule has 1 aliphatic heterocycles. The van der Waals surface area contributed by atoms with Crippen molar-refractivity contribution in [2.24, 2.45) is 0 Å². The lowest BCUT2D eigenvalue weighted by Gasteiger charge is -2.26. The molecule has 2 aromatic carbocycles. The Balaban J connectivity index is 1.69. The molecule has 0 unspecified atom stereocenters. The Morgan fingerprint density at radius 2 is 1.75 bits per heavy atom. The minimum Gasteiger partial charge on any atom is -0.449 e. The second-order valence-electron chi connectivity index (χ2n) is 7.69. The van der Waals surface area contributed by atoms with Gasteiger partial charge in [0.1, 0.15) is 0 Å². The van der Waals surface area contributed by atoms with Gasteiger partial charge in [0.25, 0.3) is 5.91 Å². The van der Waals surface area contributed by atoms with Crippen molar-refractivity contribution in [3.63, 3.8) is 0 Å². The minimum absolute atomic E-state index is 0.0553. The largest absolute Gasteiger partial charge is 0.449 e.